The smallest absolute Gasteiger partial charge is 0.286 e. The fourth-order valence-electron chi connectivity index (χ4n) is 4.20. The number of amides is 1. The molecule has 3 aromatic rings. The van der Waals surface area contributed by atoms with Crippen molar-refractivity contribution in [2.24, 2.45) is 0 Å². The van der Waals surface area contributed by atoms with Gasteiger partial charge in [0.1, 0.15) is 10.8 Å². The van der Waals surface area contributed by atoms with E-state index in [1.165, 1.54) is 35.3 Å². The average molecular weight is 421 g/mol. The number of aromatic nitrogens is 2. The van der Waals surface area contributed by atoms with Crippen molar-refractivity contribution in [3.8, 4) is 5.75 Å². The normalized spacial score (nSPS) is 17.7. The zero-order valence-electron chi connectivity index (χ0n) is 16.9. The average Bonchev–Trinajstić information content (AvgIpc) is 3.36. The van der Waals surface area contributed by atoms with E-state index in [2.05, 4.69) is 44.7 Å². The van der Waals surface area contributed by atoms with Gasteiger partial charge >= 0.3 is 0 Å². The largest absolute Gasteiger partial charge is 0.497 e. The predicted molar refractivity (Wildman–Crippen MR) is 117 cm³/mol. The highest BCUT2D eigenvalue weighted by Crippen LogP contribution is 2.42. The lowest BCUT2D eigenvalue weighted by Crippen LogP contribution is -2.29. The summed E-state index contributed by atoms with van der Waals surface area (Å²) < 4.78 is 5.15. The molecule has 2 aliphatic rings. The Morgan fingerprint density at radius 3 is 2.70 bits per heavy atom. The molecule has 1 heterocycles. The second-order valence-electron chi connectivity index (χ2n) is 7.84. The van der Waals surface area contributed by atoms with Gasteiger partial charge in [0, 0.05) is 17.8 Å². The number of aryl methyl sites for hydroxylation is 1. The van der Waals surface area contributed by atoms with E-state index in [0.717, 1.165) is 30.1 Å². The lowest BCUT2D eigenvalue weighted by molar-refractivity contribution is 0.102. The summed E-state index contributed by atoms with van der Waals surface area (Å²) in [5.74, 6) is 0.521. The molecule has 1 amide bonds. The molecule has 1 saturated carbocycles. The minimum absolute atomic E-state index is 0.229. The van der Waals surface area contributed by atoms with Crippen LogP contribution in [0.2, 0.25) is 0 Å². The van der Waals surface area contributed by atoms with Gasteiger partial charge in [0.25, 0.3) is 5.91 Å². The summed E-state index contributed by atoms with van der Waals surface area (Å²) >= 11 is 1.38. The molecule has 2 aliphatic carbocycles. The van der Waals surface area contributed by atoms with Gasteiger partial charge in [-0.1, -0.05) is 35.6 Å². The van der Waals surface area contributed by atoms with Crippen LogP contribution in [0.25, 0.3) is 0 Å². The maximum atomic E-state index is 12.6. The second kappa shape index (κ2) is 8.16. The van der Waals surface area contributed by atoms with Gasteiger partial charge in [-0.3, -0.25) is 9.69 Å². The molecular formula is C23H24N4O2S. The van der Waals surface area contributed by atoms with Crippen molar-refractivity contribution in [3.63, 3.8) is 0 Å². The van der Waals surface area contributed by atoms with Crippen LogP contribution in [-0.2, 0) is 13.0 Å². The van der Waals surface area contributed by atoms with Crippen molar-refractivity contribution in [2.75, 3.05) is 12.4 Å². The molecule has 1 N–H and O–H groups in total. The number of benzene rings is 2. The van der Waals surface area contributed by atoms with E-state index in [1.807, 2.05) is 24.3 Å². The van der Waals surface area contributed by atoms with E-state index in [1.54, 1.807) is 7.11 Å². The van der Waals surface area contributed by atoms with Crippen LogP contribution in [0.15, 0.2) is 48.5 Å². The van der Waals surface area contributed by atoms with E-state index in [9.17, 15) is 4.79 Å². The quantitative estimate of drug-likeness (QED) is 0.612. The van der Waals surface area contributed by atoms with E-state index in [4.69, 9.17) is 4.74 Å². The number of nitrogens with zero attached hydrogens (tertiary/aromatic N) is 3. The molecule has 2 aromatic carbocycles. The van der Waals surface area contributed by atoms with Gasteiger partial charge in [-0.25, -0.2) is 0 Å². The molecular weight excluding hydrogens is 396 g/mol. The second-order valence-corrected chi connectivity index (χ2v) is 8.90. The minimum atomic E-state index is -0.229. The molecule has 0 aliphatic heterocycles. The molecule has 0 radical (unpaired) electrons. The lowest BCUT2D eigenvalue weighted by atomic mass is 10.1. The summed E-state index contributed by atoms with van der Waals surface area (Å²) in [7, 11) is 1.62. The van der Waals surface area contributed by atoms with Gasteiger partial charge in [0.2, 0.25) is 5.01 Å². The van der Waals surface area contributed by atoms with Gasteiger partial charge in [-0.05, 0) is 61.1 Å². The highest BCUT2D eigenvalue weighted by Gasteiger charge is 2.38. The summed E-state index contributed by atoms with van der Waals surface area (Å²) in [5, 5.41) is 12.7. The number of nitrogens with one attached hydrogen (secondary N) is 1. The minimum Gasteiger partial charge on any atom is -0.497 e. The molecule has 0 saturated heterocycles. The van der Waals surface area contributed by atoms with Gasteiger partial charge in [0.05, 0.1) is 13.7 Å². The number of carbonyl (C=O) groups is 1. The highest BCUT2D eigenvalue weighted by molar-refractivity contribution is 7.13. The van der Waals surface area contributed by atoms with E-state index < -0.39 is 0 Å². The number of fused-ring (bicyclic) bond motifs is 1. The molecule has 1 aromatic heterocycles. The van der Waals surface area contributed by atoms with Crippen molar-refractivity contribution in [1.82, 2.24) is 15.1 Å². The number of hydrogen-bond acceptors (Lipinski definition) is 6. The zero-order valence-corrected chi connectivity index (χ0v) is 17.7. The Hall–Kier alpha value is -2.77. The maximum Gasteiger partial charge on any atom is 0.286 e. The van der Waals surface area contributed by atoms with Crippen molar-refractivity contribution < 1.29 is 9.53 Å². The molecule has 0 unspecified atom stereocenters. The Morgan fingerprint density at radius 2 is 1.93 bits per heavy atom. The Morgan fingerprint density at radius 1 is 1.13 bits per heavy atom. The fourth-order valence-corrected chi connectivity index (χ4v) is 4.95. The first-order valence-corrected chi connectivity index (χ1v) is 11.1. The molecule has 0 bridgehead atoms. The number of methoxy groups -OCH3 is 1. The number of hydrogen-bond donors (Lipinski definition) is 1. The zero-order chi connectivity index (χ0) is 20.5. The number of carbonyl (C=O) groups excluding carboxylic acids is 1. The molecule has 6 nitrogen and oxygen atoms in total. The van der Waals surface area contributed by atoms with Crippen LogP contribution in [0.4, 0.5) is 5.69 Å². The third-order valence-electron chi connectivity index (χ3n) is 5.84. The first kappa shape index (κ1) is 19.2. The Labute approximate surface area is 179 Å². The molecule has 7 heteroatoms. The highest BCUT2D eigenvalue weighted by atomic mass is 32.1. The number of rotatable bonds is 7. The van der Waals surface area contributed by atoms with Crippen molar-refractivity contribution in [2.45, 2.75) is 44.3 Å². The summed E-state index contributed by atoms with van der Waals surface area (Å²) in [6.07, 6.45) is 4.76. The standard InChI is InChI=1S/C23H24N4O2S/c1-29-18-11-7-16(8-12-18)24-22(28)23-26-25-21(30-23)14-27(17-9-10-17)20-13-6-15-4-2-3-5-19(15)20/h2-5,7-8,11-12,17,20H,6,9-10,13-14H2,1H3,(H,24,28)/t20-/m1/s1. The monoisotopic (exact) mass is 420 g/mol. The third-order valence-corrected chi connectivity index (χ3v) is 6.75. The molecule has 1 fully saturated rings. The Kier molecular flexibility index (Phi) is 5.23. The van der Waals surface area contributed by atoms with Crippen molar-refractivity contribution in [3.05, 3.63) is 69.7 Å². The summed E-state index contributed by atoms with van der Waals surface area (Å²) in [5.41, 5.74) is 3.62. The van der Waals surface area contributed by atoms with Crippen LogP contribution < -0.4 is 10.1 Å². The Balaban J connectivity index is 1.28. The van der Waals surface area contributed by atoms with Gasteiger partial charge < -0.3 is 10.1 Å². The molecule has 30 heavy (non-hydrogen) atoms. The lowest BCUT2D eigenvalue weighted by Gasteiger charge is -2.28. The summed E-state index contributed by atoms with van der Waals surface area (Å²) in [4.78, 5) is 15.2. The van der Waals surface area contributed by atoms with E-state index in [0.29, 0.717) is 22.8 Å². The van der Waals surface area contributed by atoms with Gasteiger partial charge in [-0.2, -0.15) is 0 Å². The first-order chi connectivity index (χ1) is 14.7. The molecule has 5 rings (SSSR count). The maximum absolute atomic E-state index is 12.6. The molecule has 0 spiro atoms. The summed E-state index contributed by atoms with van der Waals surface area (Å²) in [6, 6.07) is 17.1. The van der Waals surface area contributed by atoms with Gasteiger partial charge in [-0.15, -0.1) is 10.2 Å². The van der Waals surface area contributed by atoms with Crippen LogP contribution in [0, 0.1) is 0 Å². The van der Waals surface area contributed by atoms with Crippen LogP contribution in [0.3, 0.4) is 0 Å². The fraction of sp³-hybridized carbons (Fsp3) is 0.348. The predicted octanol–water partition coefficient (Wildman–Crippen LogP) is 4.45. The van der Waals surface area contributed by atoms with Crippen LogP contribution in [0.5, 0.6) is 5.75 Å². The topological polar surface area (TPSA) is 67.3 Å². The van der Waals surface area contributed by atoms with Crippen LogP contribution in [0.1, 0.15) is 51.2 Å². The SMILES string of the molecule is COc1ccc(NC(=O)c2nnc(CN(C3CC3)[C@@H]3CCc4ccccc43)s2)cc1. The molecule has 154 valence electrons. The Bertz CT molecular complexity index is 1050. The number of anilines is 1. The number of ether oxygens (including phenoxy) is 1. The van der Waals surface area contributed by atoms with Crippen LogP contribution >= 0.6 is 11.3 Å². The molecule has 1 atom stereocenters. The summed E-state index contributed by atoms with van der Waals surface area (Å²) in [6.45, 7) is 0.747. The third kappa shape index (κ3) is 3.95. The van der Waals surface area contributed by atoms with Crippen molar-refractivity contribution in [1.29, 1.82) is 0 Å². The first-order valence-electron chi connectivity index (χ1n) is 10.3. The van der Waals surface area contributed by atoms with Crippen LogP contribution in [-0.4, -0.2) is 34.2 Å². The van der Waals surface area contributed by atoms with E-state index in [-0.39, 0.29) is 5.91 Å². The van der Waals surface area contributed by atoms with E-state index >= 15 is 0 Å². The van der Waals surface area contributed by atoms with Crippen molar-refractivity contribution >= 4 is 22.9 Å². The van der Waals surface area contributed by atoms with Gasteiger partial charge in [0.15, 0.2) is 0 Å².